The van der Waals surface area contributed by atoms with Crippen LogP contribution in [-0.2, 0) is 11.3 Å². The van der Waals surface area contributed by atoms with Crippen molar-refractivity contribution in [2.45, 2.75) is 77.0 Å². The van der Waals surface area contributed by atoms with Gasteiger partial charge in [0.1, 0.15) is 0 Å². The number of carbonyl (C=O) groups is 1. The first-order chi connectivity index (χ1) is 15.0. The molecule has 1 aromatic heterocycles. The summed E-state index contributed by atoms with van der Waals surface area (Å²) >= 11 is 1.50. The van der Waals surface area contributed by atoms with Crippen LogP contribution in [0, 0.1) is 30.1 Å². The number of rotatable bonds is 7. The molecule has 5 nitrogen and oxygen atoms in total. The van der Waals surface area contributed by atoms with Crippen molar-refractivity contribution in [1.29, 1.82) is 0 Å². The Morgan fingerprint density at radius 1 is 1.16 bits per heavy atom. The summed E-state index contributed by atoms with van der Waals surface area (Å²) in [5.41, 5.74) is 2.63. The van der Waals surface area contributed by atoms with Crippen LogP contribution >= 0.6 is 11.8 Å². The first kappa shape index (κ1) is 21.0. The molecule has 6 rings (SSSR count). The second-order valence-corrected chi connectivity index (χ2v) is 11.2. The van der Waals surface area contributed by atoms with E-state index in [0.29, 0.717) is 11.2 Å². The lowest BCUT2D eigenvalue weighted by molar-refractivity contribution is -0.123. The minimum atomic E-state index is 0.122. The van der Waals surface area contributed by atoms with Gasteiger partial charge in [0, 0.05) is 18.2 Å². The summed E-state index contributed by atoms with van der Waals surface area (Å²) in [6.07, 6.45) is 8.26. The fourth-order valence-electron chi connectivity index (χ4n) is 6.98. The van der Waals surface area contributed by atoms with Gasteiger partial charge in [-0.25, -0.2) is 0 Å². The van der Waals surface area contributed by atoms with E-state index in [1.54, 1.807) is 0 Å². The summed E-state index contributed by atoms with van der Waals surface area (Å²) in [6, 6.07) is 8.51. The maximum Gasteiger partial charge on any atom is 0.230 e. The normalized spacial score (nSPS) is 29.8. The zero-order valence-corrected chi connectivity index (χ0v) is 19.8. The minimum absolute atomic E-state index is 0.122. The fraction of sp³-hybridized carbons (Fsp3) is 0.640. The molecular formula is C25H34N4OS. The van der Waals surface area contributed by atoms with Crippen molar-refractivity contribution in [3.63, 3.8) is 0 Å². The van der Waals surface area contributed by atoms with Crippen LogP contribution in [0.1, 0.15) is 57.9 Å². The third-order valence-electron chi connectivity index (χ3n) is 8.13. The number of carbonyl (C=O) groups excluding carboxylic acids is 1. The maximum atomic E-state index is 12.9. The van der Waals surface area contributed by atoms with Gasteiger partial charge in [-0.2, -0.15) is 0 Å². The molecule has 6 heteroatoms. The van der Waals surface area contributed by atoms with Crippen LogP contribution in [0.5, 0.6) is 0 Å². The summed E-state index contributed by atoms with van der Waals surface area (Å²) < 4.78 is 2.11. The quantitative estimate of drug-likeness (QED) is 0.612. The number of benzene rings is 1. The van der Waals surface area contributed by atoms with Gasteiger partial charge in [0.05, 0.1) is 5.75 Å². The Morgan fingerprint density at radius 3 is 2.42 bits per heavy atom. The Morgan fingerprint density at radius 2 is 1.81 bits per heavy atom. The van der Waals surface area contributed by atoms with Crippen LogP contribution < -0.4 is 5.32 Å². The molecule has 1 aromatic carbocycles. The van der Waals surface area contributed by atoms with Gasteiger partial charge in [-0.1, -0.05) is 36.0 Å². The number of nitrogens with zero attached hydrogens (tertiary/aromatic N) is 3. The number of hydrogen-bond donors (Lipinski definition) is 1. The standard InChI is InChI=1S/C25H34N4OS/c1-4-29-23(21-8-6-5-7-16(21)2)27-28-24(29)31-15-22(30)26-17(3)25-12-18-9-19(13-25)11-20(10-18)14-25/h5-8,17-20H,4,9-15H2,1-3H3,(H,26,30). The highest BCUT2D eigenvalue weighted by Crippen LogP contribution is 2.61. The monoisotopic (exact) mass is 438 g/mol. The van der Waals surface area contributed by atoms with E-state index in [1.165, 1.54) is 55.9 Å². The van der Waals surface area contributed by atoms with Crippen LogP contribution in [0.4, 0.5) is 0 Å². The van der Waals surface area contributed by atoms with E-state index in [0.717, 1.165) is 40.8 Å². The van der Waals surface area contributed by atoms with Gasteiger partial charge in [0.2, 0.25) is 5.91 Å². The molecule has 2 aromatic rings. The summed E-state index contributed by atoms with van der Waals surface area (Å²) in [4.78, 5) is 12.9. The predicted octanol–water partition coefficient (Wildman–Crippen LogP) is 5.09. The van der Waals surface area contributed by atoms with Crippen LogP contribution in [0.25, 0.3) is 11.4 Å². The number of aryl methyl sites for hydroxylation is 1. The smallest absolute Gasteiger partial charge is 0.230 e. The van der Waals surface area contributed by atoms with Gasteiger partial charge >= 0.3 is 0 Å². The fourth-order valence-corrected chi connectivity index (χ4v) is 7.79. The van der Waals surface area contributed by atoms with Crippen molar-refractivity contribution in [2.24, 2.45) is 23.2 Å². The molecule has 4 aliphatic rings. The average molecular weight is 439 g/mol. The van der Waals surface area contributed by atoms with Crippen LogP contribution in [0.15, 0.2) is 29.4 Å². The Balaban J connectivity index is 1.23. The average Bonchev–Trinajstić information content (AvgIpc) is 3.14. The van der Waals surface area contributed by atoms with Gasteiger partial charge in [0.15, 0.2) is 11.0 Å². The lowest BCUT2D eigenvalue weighted by Gasteiger charge is -2.59. The summed E-state index contributed by atoms with van der Waals surface area (Å²) in [6.45, 7) is 7.23. The Kier molecular flexibility index (Phi) is 5.61. The van der Waals surface area contributed by atoms with Crippen molar-refractivity contribution >= 4 is 17.7 Å². The number of hydrogen-bond acceptors (Lipinski definition) is 4. The molecule has 1 amide bonds. The minimum Gasteiger partial charge on any atom is -0.352 e. The number of amides is 1. The molecule has 4 fully saturated rings. The lowest BCUT2D eigenvalue weighted by atomic mass is 9.48. The molecule has 0 spiro atoms. The third-order valence-corrected chi connectivity index (χ3v) is 9.10. The van der Waals surface area contributed by atoms with E-state index in [1.807, 2.05) is 12.1 Å². The largest absolute Gasteiger partial charge is 0.352 e. The van der Waals surface area contributed by atoms with Crippen molar-refractivity contribution in [3.05, 3.63) is 29.8 Å². The molecule has 31 heavy (non-hydrogen) atoms. The van der Waals surface area contributed by atoms with Crippen molar-refractivity contribution < 1.29 is 4.79 Å². The van der Waals surface area contributed by atoms with E-state index < -0.39 is 0 Å². The molecule has 0 aliphatic heterocycles. The van der Waals surface area contributed by atoms with E-state index in [2.05, 4.69) is 53.0 Å². The highest BCUT2D eigenvalue weighted by Gasteiger charge is 2.53. The van der Waals surface area contributed by atoms with Gasteiger partial charge < -0.3 is 9.88 Å². The van der Waals surface area contributed by atoms with Crippen LogP contribution in [0.2, 0.25) is 0 Å². The maximum absolute atomic E-state index is 12.9. The van der Waals surface area contributed by atoms with Crippen LogP contribution in [-0.4, -0.2) is 32.5 Å². The molecular weight excluding hydrogens is 404 g/mol. The van der Waals surface area contributed by atoms with Gasteiger partial charge in [-0.05, 0) is 88.0 Å². The summed E-state index contributed by atoms with van der Waals surface area (Å²) in [7, 11) is 0. The molecule has 1 unspecified atom stereocenters. The van der Waals surface area contributed by atoms with E-state index in [-0.39, 0.29) is 11.9 Å². The second-order valence-electron chi connectivity index (χ2n) is 10.2. The number of aromatic nitrogens is 3. The highest BCUT2D eigenvalue weighted by molar-refractivity contribution is 7.99. The topological polar surface area (TPSA) is 59.8 Å². The Labute approximate surface area is 189 Å². The zero-order valence-electron chi connectivity index (χ0n) is 18.9. The molecule has 1 atom stereocenters. The Bertz CT molecular complexity index is 933. The second kappa shape index (κ2) is 8.27. The molecule has 4 bridgehead atoms. The van der Waals surface area contributed by atoms with Crippen molar-refractivity contribution in [2.75, 3.05) is 5.75 Å². The van der Waals surface area contributed by atoms with Crippen molar-refractivity contribution in [1.82, 2.24) is 20.1 Å². The summed E-state index contributed by atoms with van der Waals surface area (Å²) in [5.74, 6) is 4.11. The predicted molar refractivity (Wildman–Crippen MR) is 125 cm³/mol. The Hall–Kier alpha value is -1.82. The first-order valence-corrected chi connectivity index (χ1v) is 12.9. The van der Waals surface area contributed by atoms with E-state index in [4.69, 9.17) is 0 Å². The molecule has 0 radical (unpaired) electrons. The molecule has 1 N–H and O–H groups in total. The highest BCUT2D eigenvalue weighted by atomic mass is 32.2. The number of nitrogens with one attached hydrogen (secondary N) is 1. The molecule has 4 aliphatic carbocycles. The van der Waals surface area contributed by atoms with Gasteiger partial charge in [0.25, 0.3) is 0 Å². The lowest BCUT2D eigenvalue weighted by Crippen LogP contribution is -2.56. The first-order valence-electron chi connectivity index (χ1n) is 11.9. The molecule has 1 heterocycles. The van der Waals surface area contributed by atoms with Crippen molar-refractivity contribution in [3.8, 4) is 11.4 Å². The zero-order chi connectivity index (χ0) is 21.6. The third kappa shape index (κ3) is 3.92. The SMILES string of the molecule is CCn1c(SCC(=O)NC(C)C23CC4CC(CC(C4)C2)C3)nnc1-c1ccccc1C. The van der Waals surface area contributed by atoms with Crippen LogP contribution in [0.3, 0.4) is 0 Å². The van der Waals surface area contributed by atoms with E-state index >= 15 is 0 Å². The molecule has 0 saturated heterocycles. The van der Waals surface area contributed by atoms with E-state index in [9.17, 15) is 4.79 Å². The molecule has 4 saturated carbocycles. The van der Waals surface area contributed by atoms with Gasteiger partial charge in [-0.3, -0.25) is 4.79 Å². The molecule has 166 valence electrons. The number of thioether (sulfide) groups is 1. The summed E-state index contributed by atoms with van der Waals surface area (Å²) in [5, 5.41) is 13.0. The van der Waals surface area contributed by atoms with Gasteiger partial charge in [-0.15, -0.1) is 10.2 Å².